The highest BCUT2D eigenvalue weighted by molar-refractivity contribution is 6.31. The predicted molar refractivity (Wildman–Crippen MR) is 93.3 cm³/mol. The fourth-order valence-corrected chi connectivity index (χ4v) is 2.57. The molecule has 0 aliphatic carbocycles. The van der Waals surface area contributed by atoms with Crippen LogP contribution in [0.2, 0.25) is 5.02 Å². The Kier molecular flexibility index (Phi) is 5.89. The van der Waals surface area contributed by atoms with Gasteiger partial charge in [0.2, 0.25) is 0 Å². The van der Waals surface area contributed by atoms with Crippen molar-refractivity contribution < 1.29 is 9.72 Å². The lowest BCUT2D eigenvalue weighted by Gasteiger charge is -2.25. The molecule has 0 heterocycles. The lowest BCUT2D eigenvalue weighted by Crippen LogP contribution is -2.34. The van der Waals surface area contributed by atoms with E-state index >= 15 is 0 Å². The maximum atomic E-state index is 12.4. The Labute approximate surface area is 145 Å². The number of nitrogens with zero attached hydrogens (tertiary/aromatic N) is 2. The van der Waals surface area contributed by atoms with Crippen molar-refractivity contribution in [1.29, 1.82) is 0 Å². The van der Waals surface area contributed by atoms with E-state index in [4.69, 9.17) is 11.6 Å². The number of benzene rings is 2. The monoisotopic (exact) mass is 347 g/mol. The summed E-state index contributed by atoms with van der Waals surface area (Å²) in [5, 5.41) is 14.1. The predicted octanol–water partition coefficient (Wildman–Crippen LogP) is 3.28. The molecule has 0 radical (unpaired) electrons. The molecule has 0 aromatic heterocycles. The molecular formula is C17H18ClN3O3. The van der Waals surface area contributed by atoms with Gasteiger partial charge in [0.1, 0.15) is 5.56 Å². The fraction of sp³-hybridized carbons (Fsp3) is 0.235. The Morgan fingerprint density at radius 2 is 1.92 bits per heavy atom. The van der Waals surface area contributed by atoms with Gasteiger partial charge >= 0.3 is 0 Å². The highest BCUT2D eigenvalue weighted by atomic mass is 35.5. The molecule has 1 unspecified atom stereocenters. The van der Waals surface area contributed by atoms with Gasteiger partial charge in [-0.25, -0.2) is 0 Å². The summed E-state index contributed by atoms with van der Waals surface area (Å²) in [6.45, 7) is 0.329. The second-order valence-corrected chi connectivity index (χ2v) is 5.96. The topological polar surface area (TPSA) is 75.5 Å². The number of nitro benzene ring substituents is 1. The van der Waals surface area contributed by atoms with Crippen LogP contribution in [0.25, 0.3) is 0 Å². The van der Waals surface area contributed by atoms with Crippen LogP contribution in [0, 0.1) is 10.1 Å². The quantitative estimate of drug-likeness (QED) is 0.642. The average Bonchev–Trinajstić information content (AvgIpc) is 2.55. The number of hydrogen-bond donors (Lipinski definition) is 1. The molecule has 126 valence electrons. The number of amides is 1. The Balaban J connectivity index is 2.16. The minimum atomic E-state index is -0.610. The highest BCUT2D eigenvalue weighted by Crippen LogP contribution is 2.23. The number of rotatable bonds is 6. The summed E-state index contributed by atoms with van der Waals surface area (Å²) in [4.78, 5) is 24.8. The van der Waals surface area contributed by atoms with Gasteiger partial charge in [0, 0.05) is 17.6 Å². The van der Waals surface area contributed by atoms with Crippen molar-refractivity contribution in [3.05, 3.63) is 74.8 Å². The molecule has 0 fully saturated rings. The first kappa shape index (κ1) is 17.9. The van der Waals surface area contributed by atoms with E-state index in [-0.39, 0.29) is 22.3 Å². The molecule has 0 saturated carbocycles. The number of carbonyl (C=O) groups is 1. The molecule has 0 spiro atoms. The van der Waals surface area contributed by atoms with Crippen LogP contribution >= 0.6 is 11.6 Å². The average molecular weight is 348 g/mol. The standard InChI is InChI=1S/C17H18ClN3O3/c1-20(2)16(12-6-4-3-5-7-12)11-19-17(22)14-9-8-13(18)10-15(14)21(23)24/h3-10,16H,11H2,1-2H3,(H,19,22). The summed E-state index contributed by atoms with van der Waals surface area (Å²) in [6, 6.07) is 13.7. The summed E-state index contributed by atoms with van der Waals surface area (Å²) in [5.74, 6) is -0.499. The summed E-state index contributed by atoms with van der Waals surface area (Å²) in [5.41, 5.74) is 0.740. The van der Waals surface area contributed by atoms with E-state index in [1.165, 1.54) is 18.2 Å². The number of nitrogens with one attached hydrogen (secondary N) is 1. The van der Waals surface area contributed by atoms with Crippen LogP contribution in [-0.4, -0.2) is 36.4 Å². The molecule has 2 aromatic rings. The van der Waals surface area contributed by atoms with Gasteiger partial charge < -0.3 is 10.2 Å². The minimum absolute atomic E-state index is 0.00466. The van der Waals surface area contributed by atoms with Crippen molar-refractivity contribution in [2.24, 2.45) is 0 Å². The van der Waals surface area contributed by atoms with E-state index in [0.29, 0.717) is 6.54 Å². The molecule has 7 heteroatoms. The zero-order valence-corrected chi connectivity index (χ0v) is 14.2. The lowest BCUT2D eigenvalue weighted by atomic mass is 10.1. The van der Waals surface area contributed by atoms with Gasteiger partial charge in [0.25, 0.3) is 11.6 Å². The molecule has 6 nitrogen and oxygen atoms in total. The van der Waals surface area contributed by atoms with Crippen molar-refractivity contribution in [3.8, 4) is 0 Å². The van der Waals surface area contributed by atoms with E-state index in [2.05, 4.69) is 5.32 Å². The first-order valence-electron chi connectivity index (χ1n) is 7.33. The van der Waals surface area contributed by atoms with Gasteiger partial charge in [-0.05, 0) is 31.8 Å². The molecular weight excluding hydrogens is 330 g/mol. The van der Waals surface area contributed by atoms with Gasteiger partial charge in [-0.2, -0.15) is 0 Å². The molecule has 2 aromatic carbocycles. The maximum Gasteiger partial charge on any atom is 0.283 e. The van der Waals surface area contributed by atoms with Crippen molar-refractivity contribution in [3.63, 3.8) is 0 Å². The Morgan fingerprint density at radius 3 is 2.50 bits per heavy atom. The van der Waals surface area contributed by atoms with Gasteiger partial charge in [-0.1, -0.05) is 41.9 Å². The van der Waals surface area contributed by atoms with Gasteiger partial charge in [0.15, 0.2) is 0 Å². The van der Waals surface area contributed by atoms with Crippen LogP contribution in [0.1, 0.15) is 22.0 Å². The normalized spacial score (nSPS) is 12.0. The zero-order chi connectivity index (χ0) is 17.7. The Morgan fingerprint density at radius 1 is 1.25 bits per heavy atom. The maximum absolute atomic E-state index is 12.4. The van der Waals surface area contributed by atoms with Crippen molar-refractivity contribution in [2.75, 3.05) is 20.6 Å². The van der Waals surface area contributed by atoms with E-state index in [9.17, 15) is 14.9 Å². The van der Waals surface area contributed by atoms with Crippen LogP contribution < -0.4 is 5.32 Å². The number of carbonyl (C=O) groups excluding carboxylic acids is 1. The van der Waals surface area contributed by atoms with Crippen LogP contribution in [0.15, 0.2) is 48.5 Å². The Hall–Kier alpha value is -2.44. The molecule has 1 atom stereocenters. The molecule has 24 heavy (non-hydrogen) atoms. The number of likely N-dealkylation sites (N-methyl/N-ethyl adjacent to an activating group) is 1. The SMILES string of the molecule is CN(C)C(CNC(=O)c1ccc(Cl)cc1[N+](=O)[O-])c1ccccc1. The summed E-state index contributed by atoms with van der Waals surface area (Å²) < 4.78 is 0. The zero-order valence-electron chi connectivity index (χ0n) is 13.4. The van der Waals surface area contributed by atoms with E-state index in [1.54, 1.807) is 0 Å². The second kappa shape index (κ2) is 7.90. The minimum Gasteiger partial charge on any atom is -0.350 e. The van der Waals surface area contributed by atoms with Gasteiger partial charge in [-0.3, -0.25) is 14.9 Å². The summed E-state index contributed by atoms with van der Waals surface area (Å²) >= 11 is 5.77. The smallest absolute Gasteiger partial charge is 0.283 e. The van der Waals surface area contributed by atoms with E-state index in [1.807, 2.05) is 49.3 Å². The van der Waals surface area contributed by atoms with Gasteiger partial charge in [-0.15, -0.1) is 0 Å². The molecule has 0 aliphatic heterocycles. The summed E-state index contributed by atoms with van der Waals surface area (Å²) in [7, 11) is 3.82. The van der Waals surface area contributed by atoms with Crippen LogP contribution in [-0.2, 0) is 0 Å². The third-order valence-electron chi connectivity index (χ3n) is 3.66. The largest absolute Gasteiger partial charge is 0.350 e. The molecule has 2 rings (SSSR count). The molecule has 1 N–H and O–H groups in total. The molecule has 0 saturated heterocycles. The van der Waals surface area contributed by atoms with Crippen molar-refractivity contribution >= 4 is 23.2 Å². The number of hydrogen-bond acceptors (Lipinski definition) is 4. The van der Waals surface area contributed by atoms with Crippen molar-refractivity contribution in [2.45, 2.75) is 6.04 Å². The number of halogens is 1. The van der Waals surface area contributed by atoms with E-state index in [0.717, 1.165) is 5.56 Å². The second-order valence-electron chi connectivity index (χ2n) is 5.52. The fourth-order valence-electron chi connectivity index (χ4n) is 2.41. The molecule has 0 aliphatic rings. The van der Waals surface area contributed by atoms with Gasteiger partial charge in [0.05, 0.1) is 11.0 Å². The van der Waals surface area contributed by atoms with Crippen LogP contribution in [0.4, 0.5) is 5.69 Å². The third kappa shape index (κ3) is 4.31. The van der Waals surface area contributed by atoms with Crippen LogP contribution in [0.3, 0.4) is 0 Å². The summed E-state index contributed by atoms with van der Waals surface area (Å²) in [6.07, 6.45) is 0. The molecule has 1 amide bonds. The molecule has 0 bridgehead atoms. The van der Waals surface area contributed by atoms with E-state index < -0.39 is 10.8 Å². The first-order valence-corrected chi connectivity index (χ1v) is 7.71. The first-order chi connectivity index (χ1) is 11.4. The highest BCUT2D eigenvalue weighted by Gasteiger charge is 2.22. The number of nitro groups is 1. The van der Waals surface area contributed by atoms with Crippen molar-refractivity contribution in [1.82, 2.24) is 10.2 Å². The van der Waals surface area contributed by atoms with Crippen LogP contribution in [0.5, 0.6) is 0 Å². The lowest BCUT2D eigenvalue weighted by molar-refractivity contribution is -0.385. The Bertz CT molecular complexity index is 735. The third-order valence-corrected chi connectivity index (χ3v) is 3.90.